The van der Waals surface area contributed by atoms with Crippen LogP contribution in [0.2, 0.25) is 0 Å². The van der Waals surface area contributed by atoms with Gasteiger partial charge in [0.1, 0.15) is 0 Å². The maximum absolute atomic E-state index is 11.8. The largest absolute Gasteiger partial charge is 0.295 e. The fourth-order valence-electron chi connectivity index (χ4n) is 3.05. The van der Waals surface area contributed by atoms with Crippen LogP contribution in [0.5, 0.6) is 0 Å². The van der Waals surface area contributed by atoms with Gasteiger partial charge in [-0.15, -0.1) is 0 Å². The highest BCUT2D eigenvalue weighted by atomic mass is 16.1. The van der Waals surface area contributed by atoms with Crippen molar-refractivity contribution in [3.63, 3.8) is 0 Å². The molecule has 2 rings (SSSR count). The summed E-state index contributed by atoms with van der Waals surface area (Å²) in [4.78, 5) is 11.8. The highest BCUT2D eigenvalue weighted by Crippen LogP contribution is 2.36. The van der Waals surface area contributed by atoms with Crippen LogP contribution in [-0.2, 0) is 4.79 Å². The molecule has 0 aromatic heterocycles. The van der Waals surface area contributed by atoms with E-state index in [2.05, 4.69) is 13.0 Å². The van der Waals surface area contributed by atoms with Crippen LogP contribution in [0.1, 0.15) is 58.3 Å². The maximum atomic E-state index is 11.8. The van der Waals surface area contributed by atoms with Crippen molar-refractivity contribution >= 4 is 5.78 Å². The van der Waals surface area contributed by atoms with Crippen molar-refractivity contribution in [2.75, 3.05) is 0 Å². The lowest BCUT2D eigenvalue weighted by atomic mass is 9.75. The van der Waals surface area contributed by atoms with E-state index in [1.165, 1.54) is 37.7 Å². The lowest BCUT2D eigenvalue weighted by Gasteiger charge is -2.30. The number of carbonyl (C=O) groups excluding carboxylic acids is 1. The van der Waals surface area contributed by atoms with Gasteiger partial charge in [0.25, 0.3) is 0 Å². The van der Waals surface area contributed by atoms with Crippen molar-refractivity contribution in [3.05, 3.63) is 11.6 Å². The summed E-state index contributed by atoms with van der Waals surface area (Å²) in [6, 6.07) is 0. The second kappa shape index (κ2) is 4.96. The van der Waals surface area contributed by atoms with Crippen LogP contribution < -0.4 is 0 Å². The van der Waals surface area contributed by atoms with Gasteiger partial charge >= 0.3 is 0 Å². The summed E-state index contributed by atoms with van der Waals surface area (Å²) in [5, 5.41) is 0. The molecule has 0 spiro atoms. The first-order chi connectivity index (χ1) is 7.31. The molecule has 0 N–H and O–H groups in total. The second-order valence-corrected chi connectivity index (χ2v) is 5.10. The molecule has 0 saturated heterocycles. The molecule has 0 bridgehead atoms. The summed E-state index contributed by atoms with van der Waals surface area (Å²) in [7, 11) is 0. The molecule has 1 heteroatoms. The number of hydrogen-bond donors (Lipinski definition) is 0. The first kappa shape index (κ1) is 10.9. The van der Waals surface area contributed by atoms with E-state index in [0.717, 1.165) is 25.2 Å². The Bertz CT molecular complexity index is 257. The van der Waals surface area contributed by atoms with Gasteiger partial charge in [-0.1, -0.05) is 19.4 Å². The van der Waals surface area contributed by atoms with Gasteiger partial charge in [0, 0.05) is 6.42 Å². The van der Waals surface area contributed by atoms with Crippen molar-refractivity contribution < 1.29 is 4.79 Å². The van der Waals surface area contributed by atoms with Crippen LogP contribution in [0.15, 0.2) is 11.6 Å². The molecule has 0 unspecified atom stereocenters. The van der Waals surface area contributed by atoms with E-state index >= 15 is 0 Å². The Morgan fingerprint density at radius 3 is 2.60 bits per heavy atom. The Kier molecular flexibility index (Phi) is 3.61. The average molecular weight is 206 g/mol. The summed E-state index contributed by atoms with van der Waals surface area (Å²) in [5.41, 5.74) is 1.19. The fourth-order valence-corrected chi connectivity index (χ4v) is 3.05. The summed E-state index contributed by atoms with van der Waals surface area (Å²) >= 11 is 0. The van der Waals surface area contributed by atoms with E-state index in [-0.39, 0.29) is 0 Å². The third kappa shape index (κ3) is 2.50. The molecule has 84 valence electrons. The monoisotopic (exact) mass is 206 g/mol. The van der Waals surface area contributed by atoms with Gasteiger partial charge in [-0.3, -0.25) is 4.79 Å². The van der Waals surface area contributed by atoms with Crippen molar-refractivity contribution in [1.29, 1.82) is 0 Å². The van der Waals surface area contributed by atoms with Crippen LogP contribution in [0.25, 0.3) is 0 Å². The van der Waals surface area contributed by atoms with Crippen LogP contribution in [0, 0.1) is 11.8 Å². The first-order valence-electron chi connectivity index (χ1n) is 6.54. The first-order valence-corrected chi connectivity index (χ1v) is 6.54. The number of ketones is 1. The van der Waals surface area contributed by atoms with Crippen LogP contribution in [0.4, 0.5) is 0 Å². The zero-order chi connectivity index (χ0) is 10.7. The predicted molar refractivity (Wildman–Crippen MR) is 62.7 cm³/mol. The Labute approximate surface area is 92.9 Å². The van der Waals surface area contributed by atoms with Crippen LogP contribution in [0.3, 0.4) is 0 Å². The molecule has 0 aromatic carbocycles. The average Bonchev–Trinajstić information content (AvgIpc) is 2.30. The van der Waals surface area contributed by atoms with Gasteiger partial charge in [0.2, 0.25) is 0 Å². The minimum Gasteiger partial charge on any atom is -0.295 e. The quantitative estimate of drug-likeness (QED) is 0.670. The van der Waals surface area contributed by atoms with E-state index < -0.39 is 0 Å². The smallest absolute Gasteiger partial charge is 0.158 e. The molecule has 1 saturated carbocycles. The molecule has 0 aliphatic heterocycles. The molecular weight excluding hydrogens is 184 g/mol. The highest BCUT2D eigenvalue weighted by molar-refractivity contribution is 5.96. The minimum atomic E-state index is 0.446. The molecule has 2 aliphatic rings. The number of carbonyl (C=O) groups is 1. The third-order valence-corrected chi connectivity index (χ3v) is 4.16. The number of allylic oxidation sites excluding steroid dienone is 2. The molecule has 0 amide bonds. The summed E-state index contributed by atoms with van der Waals surface area (Å²) in [6.45, 7) is 2.29. The normalized spacial score (nSPS) is 32.6. The standard InChI is InChI=1S/C14H22O/c1-2-11-7-9-12(10-8-11)13-5-3-4-6-14(13)15/h5,11-12H,2-4,6-10H2,1H3. The van der Waals surface area contributed by atoms with Crippen LogP contribution in [-0.4, -0.2) is 5.78 Å². The fraction of sp³-hybridized carbons (Fsp3) is 0.786. The topological polar surface area (TPSA) is 17.1 Å². The van der Waals surface area contributed by atoms with Crippen LogP contribution >= 0.6 is 0 Å². The lowest BCUT2D eigenvalue weighted by Crippen LogP contribution is -2.21. The van der Waals surface area contributed by atoms with Crippen molar-refractivity contribution in [1.82, 2.24) is 0 Å². The van der Waals surface area contributed by atoms with Gasteiger partial charge < -0.3 is 0 Å². The summed E-state index contributed by atoms with van der Waals surface area (Å²) in [6.07, 6.45) is 11.8. The van der Waals surface area contributed by atoms with Gasteiger partial charge in [0.05, 0.1) is 0 Å². The molecule has 0 heterocycles. The number of Topliss-reactive ketones (excluding diaryl/α,β-unsaturated/α-hetero) is 1. The molecule has 0 atom stereocenters. The Balaban J connectivity index is 1.95. The van der Waals surface area contributed by atoms with E-state index in [9.17, 15) is 4.79 Å². The van der Waals surface area contributed by atoms with Crippen molar-refractivity contribution in [3.8, 4) is 0 Å². The van der Waals surface area contributed by atoms with Crippen molar-refractivity contribution in [2.45, 2.75) is 58.3 Å². The van der Waals surface area contributed by atoms with Gasteiger partial charge in [-0.05, 0) is 55.9 Å². The molecular formula is C14H22O. The maximum Gasteiger partial charge on any atom is 0.158 e. The van der Waals surface area contributed by atoms with E-state index in [1.54, 1.807) is 0 Å². The van der Waals surface area contributed by atoms with E-state index in [4.69, 9.17) is 0 Å². The van der Waals surface area contributed by atoms with Crippen molar-refractivity contribution in [2.24, 2.45) is 11.8 Å². The molecule has 1 fully saturated rings. The Morgan fingerprint density at radius 2 is 2.00 bits per heavy atom. The van der Waals surface area contributed by atoms with Gasteiger partial charge in [-0.2, -0.15) is 0 Å². The third-order valence-electron chi connectivity index (χ3n) is 4.16. The molecule has 0 radical (unpaired) electrons. The molecule has 1 nitrogen and oxygen atoms in total. The number of hydrogen-bond acceptors (Lipinski definition) is 1. The zero-order valence-electron chi connectivity index (χ0n) is 9.80. The van der Waals surface area contributed by atoms with E-state index in [1.807, 2.05) is 0 Å². The zero-order valence-corrected chi connectivity index (χ0v) is 9.80. The Hall–Kier alpha value is -0.590. The predicted octanol–water partition coefficient (Wildman–Crippen LogP) is 3.88. The molecule has 15 heavy (non-hydrogen) atoms. The van der Waals surface area contributed by atoms with Gasteiger partial charge in [-0.25, -0.2) is 0 Å². The summed E-state index contributed by atoms with van der Waals surface area (Å²) < 4.78 is 0. The second-order valence-electron chi connectivity index (χ2n) is 5.10. The molecule has 0 aromatic rings. The minimum absolute atomic E-state index is 0.446. The summed E-state index contributed by atoms with van der Waals surface area (Å²) in [5.74, 6) is 1.99. The lowest BCUT2D eigenvalue weighted by molar-refractivity contribution is -0.116. The van der Waals surface area contributed by atoms with Gasteiger partial charge in [0.15, 0.2) is 5.78 Å². The Morgan fingerprint density at radius 1 is 1.27 bits per heavy atom. The highest BCUT2D eigenvalue weighted by Gasteiger charge is 2.27. The van der Waals surface area contributed by atoms with E-state index in [0.29, 0.717) is 11.7 Å². The molecule has 2 aliphatic carbocycles. The SMILES string of the molecule is CCC1CCC(C2=CCCCC2=O)CC1. The number of rotatable bonds is 2.